The lowest BCUT2D eigenvalue weighted by molar-refractivity contribution is 0.235. The highest BCUT2D eigenvalue weighted by molar-refractivity contribution is 5.74. The van der Waals surface area contributed by atoms with E-state index >= 15 is 0 Å². The molecule has 0 saturated carbocycles. The van der Waals surface area contributed by atoms with Crippen molar-refractivity contribution in [3.05, 3.63) is 30.1 Å². The van der Waals surface area contributed by atoms with Crippen LogP contribution in [-0.2, 0) is 0 Å². The first kappa shape index (κ1) is 14.5. The Morgan fingerprint density at radius 1 is 1.39 bits per heavy atom. The molecule has 1 heterocycles. The molecule has 0 bridgehead atoms. The van der Waals surface area contributed by atoms with E-state index in [-0.39, 0.29) is 12.1 Å². The third-order valence-electron chi connectivity index (χ3n) is 3.24. The van der Waals surface area contributed by atoms with Gasteiger partial charge in [0.25, 0.3) is 0 Å². The molecule has 0 fully saturated rings. The summed E-state index contributed by atoms with van der Waals surface area (Å²) in [6.07, 6.45) is 5.68. The molecule has 0 radical (unpaired) electrons. The smallest absolute Gasteiger partial charge is 0.315 e. The van der Waals surface area contributed by atoms with Crippen LogP contribution in [0.25, 0.3) is 0 Å². The molecule has 1 aromatic rings. The third kappa shape index (κ3) is 4.73. The summed E-state index contributed by atoms with van der Waals surface area (Å²) >= 11 is 0. The van der Waals surface area contributed by atoms with Gasteiger partial charge in [-0.25, -0.2) is 4.79 Å². The van der Waals surface area contributed by atoms with Crippen LogP contribution < -0.4 is 10.6 Å². The summed E-state index contributed by atoms with van der Waals surface area (Å²) in [5, 5.41) is 5.82. The van der Waals surface area contributed by atoms with Crippen molar-refractivity contribution >= 4 is 6.03 Å². The van der Waals surface area contributed by atoms with Crippen LogP contribution >= 0.6 is 0 Å². The maximum Gasteiger partial charge on any atom is 0.315 e. The fourth-order valence-corrected chi connectivity index (χ4v) is 1.78. The topological polar surface area (TPSA) is 54.0 Å². The lowest BCUT2D eigenvalue weighted by atomic mass is 10.0. The van der Waals surface area contributed by atoms with Crippen molar-refractivity contribution in [2.24, 2.45) is 5.92 Å². The van der Waals surface area contributed by atoms with Crippen LogP contribution in [0.2, 0.25) is 0 Å². The monoisotopic (exact) mass is 249 g/mol. The number of urea groups is 1. The first-order valence-corrected chi connectivity index (χ1v) is 6.61. The summed E-state index contributed by atoms with van der Waals surface area (Å²) in [7, 11) is 0. The molecule has 1 atom stereocenters. The fourth-order valence-electron chi connectivity index (χ4n) is 1.78. The van der Waals surface area contributed by atoms with Crippen LogP contribution in [0.5, 0.6) is 0 Å². The highest BCUT2D eigenvalue weighted by atomic mass is 16.2. The van der Waals surface area contributed by atoms with E-state index in [1.165, 1.54) is 0 Å². The summed E-state index contributed by atoms with van der Waals surface area (Å²) in [6.45, 7) is 6.98. The molecule has 4 nitrogen and oxygen atoms in total. The molecule has 2 amide bonds. The van der Waals surface area contributed by atoms with E-state index in [1.54, 1.807) is 12.4 Å². The number of hydrogen-bond acceptors (Lipinski definition) is 2. The van der Waals surface area contributed by atoms with Gasteiger partial charge in [-0.3, -0.25) is 4.98 Å². The zero-order valence-electron chi connectivity index (χ0n) is 11.4. The number of hydrogen-bond donors (Lipinski definition) is 2. The van der Waals surface area contributed by atoms with E-state index in [0.717, 1.165) is 24.9 Å². The maximum absolute atomic E-state index is 11.7. The van der Waals surface area contributed by atoms with E-state index in [9.17, 15) is 4.79 Å². The van der Waals surface area contributed by atoms with Crippen molar-refractivity contribution in [2.45, 2.75) is 39.7 Å². The van der Waals surface area contributed by atoms with Gasteiger partial charge in [0, 0.05) is 18.9 Å². The zero-order valence-corrected chi connectivity index (χ0v) is 11.4. The Kier molecular flexibility index (Phi) is 6.19. The Labute approximate surface area is 109 Å². The van der Waals surface area contributed by atoms with Gasteiger partial charge in [0.15, 0.2) is 0 Å². The van der Waals surface area contributed by atoms with Gasteiger partial charge in [-0.05, 0) is 24.5 Å². The van der Waals surface area contributed by atoms with Crippen molar-refractivity contribution in [3.63, 3.8) is 0 Å². The normalized spacial score (nSPS) is 12.2. The van der Waals surface area contributed by atoms with Crippen LogP contribution in [-0.4, -0.2) is 17.6 Å². The average molecular weight is 249 g/mol. The number of nitrogens with zero attached hydrogens (tertiary/aromatic N) is 1. The molecule has 0 aliphatic heterocycles. The number of amides is 2. The number of aromatic nitrogens is 1. The van der Waals surface area contributed by atoms with Gasteiger partial charge < -0.3 is 10.6 Å². The molecule has 1 rings (SSSR count). The molecular formula is C14H23N3O. The van der Waals surface area contributed by atoms with Crippen molar-refractivity contribution < 1.29 is 4.79 Å². The van der Waals surface area contributed by atoms with Gasteiger partial charge >= 0.3 is 6.03 Å². The molecular weight excluding hydrogens is 226 g/mol. The van der Waals surface area contributed by atoms with E-state index in [1.807, 2.05) is 19.1 Å². The number of carbonyl (C=O) groups excluding carboxylic acids is 1. The highest BCUT2D eigenvalue weighted by Crippen LogP contribution is 2.09. The summed E-state index contributed by atoms with van der Waals surface area (Å²) < 4.78 is 0. The van der Waals surface area contributed by atoms with Gasteiger partial charge in [-0.1, -0.05) is 32.8 Å². The molecule has 100 valence electrons. The van der Waals surface area contributed by atoms with Gasteiger partial charge in [0.05, 0.1) is 6.04 Å². The van der Waals surface area contributed by atoms with Gasteiger partial charge in [-0.15, -0.1) is 0 Å². The second-order valence-electron chi connectivity index (χ2n) is 4.54. The Bertz CT molecular complexity index is 349. The molecule has 0 aliphatic carbocycles. The standard InChI is InChI=1S/C14H23N3O/c1-4-12(5-2)9-16-14(18)17-11(3)13-7-6-8-15-10-13/h6-8,10-12H,4-5,9H2,1-3H3,(H2,16,17,18). The molecule has 0 aliphatic rings. The maximum atomic E-state index is 11.7. The third-order valence-corrected chi connectivity index (χ3v) is 3.24. The van der Waals surface area contributed by atoms with E-state index in [2.05, 4.69) is 29.5 Å². The molecule has 0 saturated heterocycles. The largest absolute Gasteiger partial charge is 0.338 e. The fraction of sp³-hybridized carbons (Fsp3) is 0.571. The first-order valence-electron chi connectivity index (χ1n) is 6.61. The molecule has 1 aromatic heterocycles. The minimum absolute atomic E-state index is 0.0274. The van der Waals surface area contributed by atoms with Crippen LogP contribution in [0, 0.1) is 5.92 Å². The first-order chi connectivity index (χ1) is 8.67. The van der Waals surface area contributed by atoms with Crippen LogP contribution in [0.3, 0.4) is 0 Å². The highest BCUT2D eigenvalue weighted by Gasteiger charge is 2.10. The molecule has 0 aromatic carbocycles. The van der Waals surface area contributed by atoms with Gasteiger partial charge in [0.1, 0.15) is 0 Å². The average Bonchev–Trinajstić information content (AvgIpc) is 2.41. The van der Waals surface area contributed by atoms with E-state index < -0.39 is 0 Å². The molecule has 0 spiro atoms. The number of nitrogens with one attached hydrogen (secondary N) is 2. The predicted molar refractivity (Wildman–Crippen MR) is 73.3 cm³/mol. The Morgan fingerprint density at radius 3 is 2.67 bits per heavy atom. The lowest BCUT2D eigenvalue weighted by Gasteiger charge is -2.17. The molecule has 2 N–H and O–H groups in total. The van der Waals surface area contributed by atoms with Crippen molar-refractivity contribution in [1.29, 1.82) is 0 Å². The quantitative estimate of drug-likeness (QED) is 0.814. The minimum atomic E-state index is -0.113. The number of pyridine rings is 1. The second kappa shape index (κ2) is 7.69. The second-order valence-corrected chi connectivity index (χ2v) is 4.54. The van der Waals surface area contributed by atoms with Crippen molar-refractivity contribution in [3.8, 4) is 0 Å². The Morgan fingerprint density at radius 2 is 2.11 bits per heavy atom. The molecule has 1 unspecified atom stereocenters. The Hall–Kier alpha value is -1.58. The zero-order chi connectivity index (χ0) is 13.4. The van der Waals surface area contributed by atoms with Gasteiger partial charge in [0.2, 0.25) is 0 Å². The van der Waals surface area contributed by atoms with Crippen LogP contribution in [0.15, 0.2) is 24.5 Å². The minimum Gasteiger partial charge on any atom is -0.338 e. The van der Waals surface area contributed by atoms with Crippen LogP contribution in [0.1, 0.15) is 45.2 Å². The molecule has 18 heavy (non-hydrogen) atoms. The summed E-state index contributed by atoms with van der Waals surface area (Å²) in [5.41, 5.74) is 1.01. The van der Waals surface area contributed by atoms with Crippen molar-refractivity contribution in [2.75, 3.05) is 6.54 Å². The summed E-state index contributed by atoms with van der Waals surface area (Å²) in [4.78, 5) is 15.8. The van der Waals surface area contributed by atoms with E-state index in [0.29, 0.717) is 5.92 Å². The SMILES string of the molecule is CCC(CC)CNC(=O)NC(C)c1cccnc1. The lowest BCUT2D eigenvalue weighted by Crippen LogP contribution is -2.39. The summed E-state index contributed by atoms with van der Waals surface area (Å²) in [5.74, 6) is 0.560. The van der Waals surface area contributed by atoms with E-state index in [4.69, 9.17) is 0 Å². The predicted octanol–water partition coefficient (Wildman–Crippen LogP) is 2.88. The summed E-state index contributed by atoms with van der Waals surface area (Å²) in [6, 6.07) is 3.69. The van der Waals surface area contributed by atoms with Gasteiger partial charge in [-0.2, -0.15) is 0 Å². The molecule has 4 heteroatoms. The van der Waals surface area contributed by atoms with Crippen LogP contribution in [0.4, 0.5) is 4.79 Å². The Balaban J connectivity index is 2.36. The number of carbonyl (C=O) groups is 1. The van der Waals surface area contributed by atoms with Crippen molar-refractivity contribution in [1.82, 2.24) is 15.6 Å². The number of rotatable bonds is 6.